The molecule has 3 aromatic carbocycles. The average molecular weight is 522 g/mol. The Balaban J connectivity index is 1.43. The fourth-order valence-corrected chi connectivity index (χ4v) is 4.89. The zero-order valence-electron chi connectivity index (χ0n) is 20.0. The second kappa shape index (κ2) is 10.6. The first kappa shape index (κ1) is 25.4. The highest BCUT2D eigenvalue weighted by molar-refractivity contribution is 6.08. The molecule has 1 fully saturated rings. The predicted octanol–water partition coefficient (Wildman–Crippen LogP) is 6.22. The van der Waals surface area contributed by atoms with Crippen LogP contribution in [0.3, 0.4) is 0 Å². The van der Waals surface area contributed by atoms with Crippen LogP contribution in [-0.4, -0.2) is 29.2 Å². The van der Waals surface area contributed by atoms with Crippen molar-refractivity contribution in [1.29, 1.82) is 0 Å². The number of nitrogens with zero attached hydrogens (tertiary/aromatic N) is 2. The largest absolute Gasteiger partial charge is 0.452 e. The van der Waals surface area contributed by atoms with Crippen LogP contribution < -0.4 is 0 Å². The van der Waals surface area contributed by atoms with Gasteiger partial charge in [0.2, 0.25) is 0 Å². The topological polar surface area (TPSA) is 59.0 Å². The summed E-state index contributed by atoms with van der Waals surface area (Å²) in [6.45, 7) is -0.728. The standard InChI is InChI=1S/C29H22F4N2O3/c30-20-8-4-17(5-9-20)14-19-2-1-3-24-27(19)34-35(28(24)18-6-10-21(31)11-7-18)26(36)16-38-29(37)23-13-12-22(32)15-25(23)33/h4-15,24,28H,1-3,16H2/b19-14-/t24-,28-/m1/s1. The van der Waals surface area contributed by atoms with Gasteiger partial charge in [-0.2, -0.15) is 5.10 Å². The molecular formula is C29H22F4N2O3. The maximum atomic E-state index is 14.0. The van der Waals surface area contributed by atoms with Gasteiger partial charge in [-0.15, -0.1) is 0 Å². The summed E-state index contributed by atoms with van der Waals surface area (Å²) in [5, 5.41) is 5.84. The summed E-state index contributed by atoms with van der Waals surface area (Å²) >= 11 is 0. The monoisotopic (exact) mass is 522 g/mol. The molecule has 2 atom stereocenters. The summed E-state index contributed by atoms with van der Waals surface area (Å²) in [7, 11) is 0. The molecule has 0 spiro atoms. The van der Waals surface area contributed by atoms with Gasteiger partial charge in [-0.3, -0.25) is 4.79 Å². The van der Waals surface area contributed by atoms with Crippen molar-refractivity contribution >= 4 is 23.7 Å². The van der Waals surface area contributed by atoms with E-state index in [4.69, 9.17) is 4.74 Å². The van der Waals surface area contributed by atoms with Crippen molar-refractivity contribution in [1.82, 2.24) is 5.01 Å². The summed E-state index contributed by atoms with van der Waals surface area (Å²) in [5.74, 6) is -4.70. The van der Waals surface area contributed by atoms with E-state index in [-0.39, 0.29) is 11.7 Å². The quantitative estimate of drug-likeness (QED) is 0.295. The summed E-state index contributed by atoms with van der Waals surface area (Å²) < 4.78 is 59.2. The Labute approximate surface area is 216 Å². The van der Waals surface area contributed by atoms with Gasteiger partial charge in [-0.05, 0) is 78.4 Å². The number of hydrogen-bond acceptors (Lipinski definition) is 4. The van der Waals surface area contributed by atoms with Crippen LogP contribution in [0.4, 0.5) is 17.6 Å². The fraction of sp³-hybridized carbons (Fsp3) is 0.207. The highest BCUT2D eigenvalue weighted by Gasteiger charge is 2.44. The van der Waals surface area contributed by atoms with Crippen LogP contribution in [0.1, 0.15) is 46.8 Å². The minimum atomic E-state index is -1.12. The molecule has 0 unspecified atom stereocenters. The molecule has 1 amide bonds. The SMILES string of the molecule is O=C(OCC(=O)N1N=C2/C(=C\c3ccc(F)cc3)CCC[C@H]2[C@H]1c1ccc(F)cc1)c1ccc(F)cc1F. The number of carbonyl (C=O) groups is 2. The lowest BCUT2D eigenvalue weighted by Crippen LogP contribution is -2.34. The maximum absolute atomic E-state index is 14.0. The van der Waals surface area contributed by atoms with Gasteiger partial charge >= 0.3 is 5.97 Å². The molecule has 5 nitrogen and oxygen atoms in total. The van der Waals surface area contributed by atoms with Gasteiger partial charge in [0.05, 0.1) is 17.3 Å². The van der Waals surface area contributed by atoms with Gasteiger partial charge in [-0.1, -0.05) is 24.3 Å². The third kappa shape index (κ3) is 5.22. The van der Waals surface area contributed by atoms with Crippen molar-refractivity contribution in [2.24, 2.45) is 11.0 Å². The Kier molecular flexibility index (Phi) is 7.09. The van der Waals surface area contributed by atoms with Gasteiger partial charge in [0, 0.05) is 12.0 Å². The molecule has 1 aliphatic carbocycles. The zero-order valence-corrected chi connectivity index (χ0v) is 20.0. The van der Waals surface area contributed by atoms with E-state index in [0.717, 1.165) is 29.7 Å². The number of fused-ring (bicyclic) bond motifs is 1. The second-order valence-corrected chi connectivity index (χ2v) is 9.14. The Bertz CT molecular complexity index is 1440. The summed E-state index contributed by atoms with van der Waals surface area (Å²) in [6, 6.07) is 13.6. The Hall–Kier alpha value is -4.27. The number of hydrogen-bond donors (Lipinski definition) is 0. The van der Waals surface area contributed by atoms with E-state index < -0.39 is 47.5 Å². The Morgan fingerprint density at radius 3 is 2.26 bits per heavy atom. The minimum Gasteiger partial charge on any atom is -0.452 e. The molecule has 0 bridgehead atoms. The Morgan fingerprint density at radius 1 is 0.921 bits per heavy atom. The normalized spacial score (nSPS) is 19.7. The lowest BCUT2D eigenvalue weighted by atomic mass is 9.77. The van der Waals surface area contributed by atoms with Crippen LogP contribution in [0, 0.1) is 29.2 Å². The highest BCUT2D eigenvalue weighted by atomic mass is 19.1. The highest BCUT2D eigenvalue weighted by Crippen LogP contribution is 2.44. The second-order valence-electron chi connectivity index (χ2n) is 9.14. The Morgan fingerprint density at radius 2 is 1.58 bits per heavy atom. The molecule has 38 heavy (non-hydrogen) atoms. The number of rotatable bonds is 5. The van der Waals surface area contributed by atoms with Gasteiger partial charge < -0.3 is 4.74 Å². The molecule has 194 valence electrons. The van der Waals surface area contributed by atoms with E-state index in [9.17, 15) is 27.2 Å². The smallest absolute Gasteiger partial charge is 0.341 e. The molecule has 2 aliphatic rings. The minimum absolute atomic E-state index is 0.199. The summed E-state index contributed by atoms with van der Waals surface area (Å²) in [6.07, 6.45) is 4.13. The van der Waals surface area contributed by atoms with Crippen LogP contribution in [-0.2, 0) is 9.53 Å². The van der Waals surface area contributed by atoms with Gasteiger partial charge in [0.15, 0.2) is 6.61 Å². The maximum Gasteiger partial charge on any atom is 0.341 e. The number of esters is 1. The summed E-state index contributed by atoms with van der Waals surface area (Å²) in [5.41, 5.74) is 2.51. The van der Waals surface area contributed by atoms with Crippen molar-refractivity contribution in [3.8, 4) is 0 Å². The van der Waals surface area contributed by atoms with E-state index in [1.54, 1.807) is 24.3 Å². The van der Waals surface area contributed by atoms with Crippen molar-refractivity contribution in [2.45, 2.75) is 25.3 Å². The molecule has 9 heteroatoms. The number of ether oxygens (including phenoxy) is 1. The molecule has 0 radical (unpaired) electrons. The zero-order chi connectivity index (χ0) is 26.8. The van der Waals surface area contributed by atoms with E-state index in [0.29, 0.717) is 30.2 Å². The van der Waals surface area contributed by atoms with Crippen molar-refractivity contribution in [3.63, 3.8) is 0 Å². The van der Waals surface area contributed by atoms with Crippen LogP contribution >= 0.6 is 0 Å². The molecule has 0 N–H and O–H groups in total. The first-order valence-corrected chi connectivity index (χ1v) is 12.0. The van der Waals surface area contributed by atoms with Crippen LogP contribution in [0.15, 0.2) is 77.4 Å². The third-order valence-electron chi connectivity index (χ3n) is 6.66. The molecule has 1 aliphatic heterocycles. The molecule has 5 rings (SSSR count). The van der Waals surface area contributed by atoms with Crippen molar-refractivity contribution in [2.75, 3.05) is 6.61 Å². The number of amides is 1. The number of carbonyl (C=O) groups excluding carboxylic acids is 2. The van der Waals surface area contributed by atoms with Crippen molar-refractivity contribution < 1.29 is 31.9 Å². The van der Waals surface area contributed by atoms with Gasteiger partial charge in [0.25, 0.3) is 5.91 Å². The van der Waals surface area contributed by atoms with Crippen molar-refractivity contribution in [3.05, 3.63) is 112 Å². The molecule has 1 saturated carbocycles. The number of hydrazone groups is 1. The average Bonchev–Trinajstić information content (AvgIpc) is 3.30. The van der Waals surface area contributed by atoms with Crippen LogP contribution in [0.2, 0.25) is 0 Å². The van der Waals surface area contributed by atoms with Crippen LogP contribution in [0.25, 0.3) is 6.08 Å². The van der Waals surface area contributed by atoms with E-state index >= 15 is 0 Å². The lowest BCUT2D eigenvalue weighted by Gasteiger charge is -2.29. The summed E-state index contributed by atoms with van der Waals surface area (Å²) in [4.78, 5) is 25.6. The molecular weight excluding hydrogens is 500 g/mol. The number of benzene rings is 3. The third-order valence-corrected chi connectivity index (χ3v) is 6.66. The molecule has 0 aromatic heterocycles. The van der Waals surface area contributed by atoms with E-state index in [1.807, 2.05) is 6.08 Å². The lowest BCUT2D eigenvalue weighted by molar-refractivity contribution is -0.137. The van der Waals surface area contributed by atoms with Gasteiger partial charge in [-0.25, -0.2) is 27.4 Å². The van der Waals surface area contributed by atoms with Gasteiger partial charge in [0.1, 0.15) is 23.3 Å². The fourth-order valence-electron chi connectivity index (χ4n) is 4.89. The molecule has 0 saturated heterocycles. The predicted molar refractivity (Wildman–Crippen MR) is 132 cm³/mol. The molecule has 1 heterocycles. The number of allylic oxidation sites excluding steroid dienone is 1. The van der Waals surface area contributed by atoms with E-state index in [2.05, 4.69) is 5.10 Å². The first-order valence-electron chi connectivity index (χ1n) is 12.0. The first-order chi connectivity index (χ1) is 18.3. The van der Waals surface area contributed by atoms with E-state index in [1.165, 1.54) is 29.3 Å². The number of halogens is 4. The molecule has 3 aromatic rings. The van der Waals surface area contributed by atoms with Crippen LogP contribution in [0.5, 0.6) is 0 Å².